The van der Waals surface area contributed by atoms with E-state index < -0.39 is 61.2 Å². The van der Waals surface area contributed by atoms with E-state index in [-0.39, 0.29) is 12.8 Å². The lowest BCUT2D eigenvalue weighted by Gasteiger charge is -2.41. The zero-order chi connectivity index (χ0) is 16.6. The largest absolute Gasteiger partial charge is 0.388 e. The summed E-state index contributed by atoms with van der Waals surface area (Å²) in [5.41, 5.74) is 0. The summed E-state index contributed by atoms with van der Waals surface area (Å²) in [6.45, 7) is 1.56. The van der Waals surface area contributed by atoms with Gasteiger partial charge in [-0.25, -0.2) is 0 Å². The molecule has 0 aromatic carbocycles. The number of aliphatic hydroxyl groups excluding tert-OH is 7. The highest BCUT2D eigenvalue weighted by Crippen LogP contribution is 2.28. The van der Waals surface area contributed by atoms with Gasteiger partial charge >= 0.3 is 0 Å². The molecule has 0 aromatic heterocycles. The lowest BCUT2D eigenvalue weighted by Crippen LogP contribution is -2.58. The molecule has 2 rings (SSSR count). The van der Waals surface area contributed by atoms with Crippen molar-refractivity contribution in [1.29, 1.82) is 0 Å². The smallest absolute Gasteiger partial charge is 0.183 e. The number of hydrogen-bond donors (Lipinski definition) is 7. The predicted molar refractivity (Wildman–Crippen MR) is 70.5 cm³/mol. The summed E-state index contributed by atoms with van der Waals surface area (Å²) >= 11 is 0. The first kappa shape index (κ1) is 18.0. The van der Waals surface area contributed by atoms with Crippen LogP contribution in [-0.2, 0) is 9.47 Å². The summed E-state index contributed by atoms with van der Waals surface area (Å²) < 4.78 is 10.4. The predicted octanol–water partition coefficient (Wildman–Crippen LogP) is -3.56. The molecule has 2 fully saturated rings. The van der Waals surface area contributed by atoms with Gasteiger partial charge in [-0.3, -0.25) is 0 Å². The SMILES string of the molecule is CC1O[C@@H](CCC2OC(O)[C@H](O)[C@H](O)[C@@H]2O)C(O)C(O)[C@H]1O. The van der Waals surface area contributed by atoms with E-state index in [4.69, 9.17) is 9.47 Å². The van der Waals surface area contributed by atoms with Crippen molar-refractivity contribution in [2.24, 2.45) is 0 Å². The first-order chi connectivity index (χ1) is 10.2. The Bertz CT molecular complexity index is 333. The van der Waals surface area contributed by atoms with Gasteiger partial charge in [-0.15, -0.1) is 0 Å². The van der Waals surface area contributed by atoms with Crippen LogP contribution < -0.4 is 0 Å². The third-order valence-corrected chi connectivity index (χ3v) is 4.37. The Labute approximate surface area is 127 Å². The molecular weight excluding hydrogens is 300 g/mol. The average Bonchev–Trinajstić information content (AvgIpc) is 2.49. The molecule has 0 aromatic rings. The van der Waals surface area contributed by atoms with Gasteiger partial charge in [0.25, 0.3) is 0 Å². The number of aliphatic hydroxyl groups is 7. The quantitative estimate of drug-likeness (QED) is 0.279. The van der Waals surface area contributed by atoms with Crippen LogP contribution in [0.3, 0.4) is 0 Å². The monoisotopic (exact) mass is 324 g/mol. The summed E-state index contributed by atoms with van der Waals surface area (Å²) in [5.74, 6) is 0. The first-order valence-electron chi connectivity index (χ1n) is 7.31. The third kappa shape index (κ3) is 3.42. The van der Waals surface area contributed by atoms with Crippen LogP contribution in [0.15, 0.2) is 0 Å². The fourth-order valence-corrected chi connectivity index (χ4v) is 2.87. The Balaban J connectivity index is 1.92. The molecule has 10 atom stereocenters. The van der Waals surface area contributed by atoms with Gasteiger partial charge in [-0.05, 0) is 19.8 Å². The van der Waals surface area contributed by atoms with Gasteiger partial charge in [0.05, 0.1) is 18.3 Å². The second-order valence-corrected chi connectivity index (χ2v) is 5.97. The van der Waals surface area contributed by atoms with E-state index in [0.717, 1.165) is 0 Å². The Morgan fingerprint density at radius 2 is 1.05 bits per heavy atom. The van der Waals surface area contributed by atoms with Gasteiger partial charge in [0.15, 0.2) is 6.29 Å². The Morgan fingerprint density at radius 3 is 1.59 bits per heavy atom. The lowest BCUT2D eigenvalue weighted by atomic mass is 9.90. The summed E-state index contributed by atoms with van der Waals surface area (Å²) in [5, 5.41) is 67.5. The highest BCUT2D eigenvalue weighted by molar-refractivity contribution is 4.93. The van der Waals surface area contributed by atoms with Crippen LogP contribution in [0.4, 0.5) is 0 Å². The zero-order valence-electron chi connectivity index (χ0n) is 12.1. The van der Waals surface area contributed by atoms with Crippen LogP contribution in [0.2, 0.25) is 0 Å². The van der Waals surface area contributed by atoms with E-state index in [1.165, 1.54) is 0 Å². The number of ether oxygens (including phenoxy) is 2. The molecular formula is C13H24O9. The molecule has 2 heterocycles. The van der Waals surface area contributed by atoms with E-state index in [9.17, 15) is 35.7 Å². The molecule has 0 aliphatic carbocycles. The van der Waals surface area contributed by atoms with Crippen molar-refractivity contribution in [2.75, 3.05) is 0 Å². The van der Waals surface area contributed by atoms with Gasteiger partial charge in [-0.2, -0.15) is 0 Å². The second kappa shape index (κ2) is 7.04. The van der Waals surface area contributed by atoms with Crippen molar-refractivity contribution in [3.8, 4) is 0 Å². The maximum absolute atomic E-state index is 9.89. The standard InChI is InChI=1S/C13H24O9/c1-4-7(14)10(17)8(15)5(21-4)2-3-6-9(16)11(18)12(19)13(20)22-6/h4-20H,2-3H2,1H3/t4?,5-,6?,7-,8?,9+,10?,11+,12+,13?/m0/s1. The molecule has 5 unspecified atom stereocenters. The van der Waals surface area contributed by atoms with Crippen molar-refractivity contribution in [1.82, 2.24) is 0 Å². The molecule has 9 heteroatoms. The maximum atomic E-state index is 9.89. The van der Waals surface area contributed by atoms with Crippen molar-refractivity contribution < 1.29 is 45.2 Å². The van der Waals surface area contributed by atoms with Crippen LogP contribution in [0.1, 0.15) is 19.8 Å². The van der Waals surface area contributed by atoms with Gasteiger partial charge in [-0.1, -0.05) is 0 Å². The Morgan fingerprint density at radius 1 is 0.591 bits per heavy atom. The molecule has 9 nitrogen and oxygen atoms in total. The summed E-state index contributed by atoms with van der Waals surface area (Å²) in [6.07, 6.45) is -12.1. The van der Waals surface area contributed by atoms with Crippen LogP contribution in [0.25, 0.3) is 0 Å². The Kier molecular flexibility index (Phi) is 5.75. The van der Waals surface area contributed by atoms with Crippen molar-refractivity contribution in [3.63, 3.8) is 0 Å². The minimum atomic E-state index is -1.62. The fourth-order valence-electron chi connectivity index (χ4n) is 2.87. The van der Waals surface area contributed by atoms with Crippen LogP contribution in [0.5, 0.6) is 0 Å². The normalized spacial score (nSPS) is 53.5. The number of hydrogen-bond acceptors (Lipinski definition) is 9. The van der Waals surface area contributed by atoms with E-state index in [1.54, 1.807) is 6.92 Å². The molecule has 0 amide bonds. The highest BCUT2D eigenvalue weighted by Gasteiger charge is 2.45. The summed E-state index contributed by atoms with van der Waals surface area (Å²) in [6, 6.07) is 0. The van der Waals surface area contributed by atoms with Crippen molar-refractivity contribution in [3.05, 3.63) is 0 Å². The topological polar surface area (TPSA) is 160 Å². The summed E-state index contributed by atoms with van der Waals surface area (Å²) in [4.78, 5) is 0. The van der Waals surface area contributed by atoms with E-state index in [1.807, 2.05) is 0 Å². The van der Waals surface area contributed by atoms with Gasteiger partial charge < -0.3 is 45.2 Å². The highest BCUT2D eigenvalue weighted by atomic mass is 16.6. The van der Waals surface area contributed by atoms with E-state index >= 15 is 0 Å². The fraction of sp³-hybridized carbons (Fsp3) is 1.00. The molecule has 130 valence electrons. The van der Waals surface area contributed by atoms with Gasteiger partial charge in [0.1, 0.15) is 36.6 Å². The zero-order valence-corrected chi connectivity index (χ0v) is 12.1. The number of rotatable bonds is 3. The van der Waals surface area contributed by atoms with E-state index in [2.05, 4.69) is 0 Å². The van der Waals surface area contributed by atoms with Crippen LogP contribution in [0, 0.1) is 0 Å². The molecule has 22 heavy (non-hydrogen) atoms. The first-order valence-corrected chi connectivity index (χ1v) is 7.31. The van der Waals surface area contributed by atoms with Gasteiger partial charge in [0.2, 0.25) is 0 Å². The molecule has 0 bridgehead atoms. The maximum Gasteiger partial charge on any atom is 0.183 e. The molecule has 7 N–H and O–H groups in total. The molecule has 0 saturated carbocycles. The van der Waals surface area contributed by atoms with Crippen LogP contribution >= 0.6 is 0 Å². The molecule has 0 spiro atoms. The molecule has 0 radical (unpaired) electrons. The minimum Gasteiger partial charge on any atom is -0.388 e. The van der Waals surface area contributed by atoms with Crippen LogP contribution in [-0.4, -0.2) is 97.0 Å². The van der Waals surface area contributed by atoms with Crippen molar-refractivity contribution >= 4 is 0 Å². The van der Waals surface area contributed by atoms with E-state index in [0.29, 0.717) is 0 Å². The molecule has 2 saturated heterocycles. The molecule has 2 aliphatic rings. The average molecular weight is 324 g/mol. The Hall–Kier alpha value is -0.360. The molecule has 2 aliphatic heterocycles. The lowest BCUT2D eigenvalue weighted by molar-refractivity contribution is -0.285. The summed E-state index contributed by atoms with van der Waals surface area (Å²) in [7, 11) is 0. The minimum absolute atomic E-state index is 0.110. The second-order valence-electron chi connectivity index (χ2n) is 5.97. The van der Waals surface area contributed by atoms with Gasteiger partial charge in [0, 0.05) is 0 Å². The third-order valence-electron chi connectivity index (χ3n) is 4.37. The van der Waals surface area contributed by atoms with Crippen molar-refractivity contribution in [2.45, 2.75) is 81.0 Å².